The van der Waals surface area contributed by atoms with Gasteiger partial charge >= 0.3 is 0 Å². The van der Waals surface area contributed by atoms with Crippen LogP contribution in [0.5, 0.6) is 11.5 Å². The Balaban J connectivity index is 2.59. The van der Waals surface area contributed by atoms with E-state index in [1.807, 2.05) is 0 Å². The first-order valence-corrected chi connectivity index (χ1v) is 7.45. The fourth-order valence-electron chi connectivity index (χ4n) is 1.93. The van der Waals surface area contributed by atoms with Crippen LogP contribution in [0.4, 0.5) is 0 Å². The molecule has 0 atom stereocenters. The van der Waals surface area contributed by atoms with Crippen molar-refractivity contribution in [3.8, 4) is 11.5 Å². The predicted octanol–water partition coefficient (Wildman–Crippen LogP) is 1.87. The Morgan fingerprint density at radius 2 is 1.95 bits per heavy atom. The zero-order valence-electron chi connectivity index (χ0n) is 13.2. The topological polar surface area (TPSA) is 90.6 Å². The van der Waals surface area contributed by atoms with Crippen molar-refractivity contribution in [3.05, 3.63) is 23.8 Å². The first-order valence-electron chi connectivity index (χ1n) is 7.45. The number of nitrogens with two attached hydrogens (primary N) is 1. The smallest absolute Gasteiger partial charge is 0.255 e. The van der Waals surface area contributed by atoms with Crippen LogP contribution in [0.2, 0.25) is 0 Å². The highest BCUT2D eigenvalue weighted by atomic mass is 16.5. The summed E-state index contributed by atoms with van der Waals surface area (Å²) in [6.45, 7) is 2.56. The van der Waals surface area contributed by atoms with Gasteiger partial charge in [0.15, 0.2) is 18.1 Å². The number of methoxy groups -OCH3 is 1. The van der Waals surface area contributed by atoms with E-state index in [0.717, 1.165) is 19.3 Å². The maximum atomic E-state index is 12.0. The molecule has 2 amide bonds. The lowest BCUT2D eigenvalue weighted by molar-refractivity contribution is -0.119. The van der Waals surface area contributed by atoms with Crippen LogP contribution in [-0.2, 0) is 4.79 Å². The number of hydrogen-bond donors (Lipinski definition) is 2. The maximum Gasteiger partial charge on any atom is 0.255 e. The third kappa shape index (κ3) is 6.03. The highest BCUT2D eigenvalue weighted by Gasteiger charge is 2.11. The number of carbonyl (C=O) groups is 2. The van der Waals surface area contributed by atoms with Crippen molar-refractivity contribution in [2.24, 2.45) is 5.73 Å². The molecule has 0 aliphatic rings. The van der Waals surface area contributed by atoms with Gasteiger partial charge in [-0.1, -0.05) is 26.2 Å². The molecule has 0 aliphatic carbocycles. The first-order chi connectivity index (χ1) is 10.6. The van der Waals surface area contributed by atoms with Crippen LogP contribution in [0, 0.1) is 0 Å². The Labute approximate surface area is 131 Å². The summed E-state index contributed by atoms with van der Waals surface area (Å²) in [6.07, 6.45) is 4.42. The van der Waals surface area contributed by atoms with Gasteiger partial charge in [-0.3, -0.25) is 9.59 Å². The average molecular weight is 308 g/mol. The van der Waals surface area contributed by atoms with E-state index in [9.17, 15) is 9.59 Å². The monoisotopic (exact) mass is 308 g/mol. The molecule has 0 unspecified atom stereocenters. The van der Waals surface area contributed by atoms with Crippen molar-refractivity contribution in [2.45, 2.75) is 32.6 Å². The zero-order valence-corrected chi connectivity index (χ0v) is 13.2. The van der Waals surface area contributed by atoms with E-state index in [1.54, 1.807) is 18.2 Å². The second-order valence-electron chi connectivity index (χ2n) is 4.94. The van der Waals surface area contributed by atoms with Gasteiger partial charge in [-0.25, -0.2) is 0 Å². The molecule has 22 heavy (non-hydrogen) atoms. The molecule has 0 heterocycles. The Morgan fingerprint density at radius 1 is 1.18 bits per heavy atom. The molecule has 1 rings (SSSR count). The number of hydrogen-bond acceptors (Lipinski definition) is 4. The summed E-state index contributed by atoms with van der Waals surface area (Å²) in [5.74, 6) is 0.0351. The fraction of sp³-hybridized carbons (Fsp3) is 0.500. The van der Waals surface area contributed by atoms with Gasteiger partial charge in [0.25, 0.3) is 11.8 Å². The van der Waals surface area contributed by atoms with Gasteiger partial charge in [0, 0.05) is 12.1 Å². The fourth-order valence-corrected chi connectivity index (χ4v) is 1.93. The van der Waals surface area contributed by atoms with Gasteiger partial charge in [0.05, 0.1) is 7.11 Å². The first kappa shape index (κ1) is 17.8. The van der Waals surface area contributed by atoms with Gasteiger partial charge in [-0.05, 0) is 24.6 Å². The van der Waals surface area contributed by atoms with E-state index < -0.39 is 5.91 Å². The standard InChI is InChI=1S/C16H24N2O4/c1-3-4-5-6-9-18-16(20)12-7-8-13(14(10-12)21-2)22-11-15(17)19/h7-8,10H,3-6,9,11H2,1-2H3,(H2,17,19)(H,18,20). The third-order valence-electron chi connectivity index (χ3n) is 3.11. The van der Waals surface area contributed by atoms with E-state index in [-0.39, 0.29) is 12.5 Å². The number of unbranched alkanes of at least 4 members (excludes halogenated alkanes) is 3. The molecule has 1 aromatic carbocycles. The van der Waals surface area contributed by atoms with Crippen molar-refractivity contribution in [1.29, 1.82) is 0 Å². The summed E-state index contributed by atoms with van der Waals surface area (Å²) < 4.78 is 10.4. The minimum atomic E-state index is -0.573. The quantitative estimate of drug-likeness (QED) is 0.646. The zero-order chi connectivity index (χ0) is 16.4. The Hall–Kier alpha value is -2.24. The number of ether oxygens (including phenoxy) is 2. The highest BCUT2D eigenvalue weighted by Crippen LogP contribution is 2.27. The molecule has 122 valence electrons. The summed E-state index contributed by atoms with van der Waals surface area (Å²) in [5.41, 5.74) is 5.52. The molecule has 3 N–H and O–H groups in total. The molecule has 0 aromatic heterocycles. The molecule has 0 radical (unpaired) electrons. The van der Waals surface area contributed by atoms with Crippen LogP contribution >= 0.6 is 0 Å². The van der Waals surface area contributed by atoms with Crippen molar-refractivity contribution in [3.63, 3.8) is 0 Å². The molecule has 0 saturated carbocycles. The molecule has 6 nitrogen and oxygen atoms in total. The largest absolute Gasteiger partial charge is 0.493 e. The molecular weight excluding hydrogens is 284 g/mol. The van der Waals surface area contributed by atoms with E-state index in [1.165, 1.54) is 13.5 Å². The summed E-state index contributed by atoms with van der Waals surface area (Å²) in [4.78, 5) is 22.8. The molecule has 1 aromatic rings. The SMILES string of the molecule is CCCCCCNC(=O)c1ccc(OCC(N)=O)c(OC)c1. The van der Waals surface area contributed by atoms with E-state index in [2.05, 4.69) is 12.2 Å². The van der Waals surface area contributed by atoms with Crippen LogP contribution in [0.15, 0.2) is 18.2 Å². The number of amides is 2. The number of rotatable bonds is 10. The maximum absolute atomic E-state index is 12.0. The number of carbonyl (C=O) groups excluding carboxylic acids is 2. The predicted molar refractivity (Wildman–Crippen MR) is 84.2 cm³/mol. The van der Waals surface area contributed by atoms with E-state index in [0.29, 0.717) is 23.6 Å². The molecule has 0 fully saturated rings. The lowest BCUT2D eigenvalue weighted by Gasteiger charge is -2.11. The summed E-state index contributed by atoms with van der Waals surface area (Å²) in [5, 5.41) is 2.87. The molecule has 6 heteroatoms. The second-order valence-corrected chi connectivity index (χ2v) is 4.94. The van der Waals surface area contributed by atoms with Crippen molar-refractivity contribution in [1.82, 2.24) is 5.32 Å². The highest BCUT2D eigenvalue weighted by molar-refractivity contribution is 5.94. The van der Waals surface area contributed by atoms with Gasteiger partial charge in [-0.15, -0.1) is 0 Å². The van der Waals surface area contributed by atoms with Crippen LogP contribution in [0.3, 0.4) is 0 Å². The van der Waals surface area contributed by atoms with Crippen molar-refractivity contribution in [2.75, 3.05) is 20.3 Å². The van der Waals surface area contributed by atoms with Crippen molar-refractivity contribution < 1.29 is 19.1 Å². The summed E-state index contributed by atoms with van der Waals surface area (Å²) >= 11 is 0. The average Bonchev–Trinajstić information content (AvgIpc) is 2.52. The van der Waals surface area contributed by atoms with Crippen LogP contribution < -0.4 is 20.5 Å². The summed E-state index contributed by atoms with van der Waals surface area (Å²) in [6, 6.07) is 4.80. The third-order valence-corrected chi connectivity index (χ3v) is 3.11. The van der Waals surface area contributed by atoms with Gasteiger partial charge in [-0.2, -0.15) is 0 Å². The molecule has 0 spiro atoms. The number of nitrogens with one attached hydrogen (secondary N) is 1. The Bertz CT molecular complexity index is 503. The second kappa shape index (κ2) is 9.65. The van der Waals surface area contributed by atoms with Gasteiger partial charge in [0.1, 0.15) is 0 Å². The lowest BCUT2D eigenvalue weighted by atomic mass is 10.1. The minimum absolute atomic E-state index is 0.156. The van der Waals surface area contributed by atoms with Crippen molar-refractivity contribution >= 4 is 11.8 Å². The van der Waals surface area contributed by atoms with Crippen LogP contribution in [-0.4, -0.2) is 32.1 Å². The number of benzene rings is 1. The number of primary amides is 1. The van der Waals surface area contributed by atoms with Crippen LogP contribution in [0.1, 0.15) is 43.0 Å². The molecule has 0 aliphatic heterocycles. The molecular formula is C16H24N2O4. The molecule has 0 bridgehead atoms. The normalized spacial score (nSPS) is 10.1. The lowest BCUT2D eigenvalue weighted by Crippen LogP contribution is -2.24. The minimum Gasteiger partial charge on any atom is -0.493 e. The Morgan fingerprint density at radius 3 is 2.59 bits per heavy atom. The van der Waals surface area contributed by atoms with E-state index in [4.69, 9.17) is 15.2 Å². The van der Waals surface area contributed by atoms with E-state index >= 15 is 0 Å². The Kier molecular flexibility index (Phi) is 7.81. The van der Waals surface area contributed by atoms with Gasteiger partial charge in [0.2, 0.25) is 0 Å². The summed E-state index contributed by atoms with van der Waals surface area (Å²) in [7, 11) is 1.47. The van der Waals surface area contributed by atoms with Crippen LogP contribution in [0.25, 0.3) is 0 Å². The van der Waals surface area contributed by atoms with Gasteiger partial charge < -0.3 is 20.5 Å². The molecule has 0 saturated heterocycles.